The second-order valence-corrected chi connectivity index (χ2v) is 10.6. The minimum Gasteiger partial charge on any atom is -0.479 e. The zero-order valence-corrected chi connectivity index (χ0v) is 22.2. The van der Waals surface area contributed by atoms with Gasteiger partial charge < -0.3 is 89.3 Å². The van der Waals surface area contributed by atoms with Crippen molar-refractivity contribution in [1.29, 1.82) is 0 Å². The van der Waals surface area contributed by atoms with Gasteiger partial charge in [-0.25, -0.2) is 4.79 Å². The molecule has 4 aliphatic heterocycles. The van der Waals surface area contributed by atoms with Gasteiger partial charge >= 0.3 is 5.97 Å². The quantitative estimate of drug-likeness (QED) is 0.120. The minimum absolute atomic E-state index is 0.392. The van der Waals surface area contributed by atoms with Gasteiger partial charge in [0, 0.05) is 13.0 Å². The highest BCUT2D eigenvalue weighted by Gasteiger charge is 2.58. The second kappa shape index (κ2) is 13.8. The van der Waals surface area contributed by atoms with Crippen molar-refractivity contribution in [3.05, 3.63) is 0 Å². The maximum absolute atomic E-state index is 11.9. The van der Waals surface area contributed by atoms with Gasteiger partial charge in [-0.2, -0.15) is 0 Å². The highest BCUT2D eigenvalue weighted by molar-refractivity contribution is 5.73. The summed E-state index contributed by atoms with van der Waals surface area (Å²) in [5.74, 6) is -3.09. The van der Waals surface area contributed by atoms with Gasteiger partial charge in [0.1, 0.15) is 61.0 Å². The van der Waals surface area contributed by atoms with Crippen molar-refractivity contribution < 1.29 is 94.1 Å². The highest BCUT2D eigenvalue weighted by atomic mass is 16.7. The largest absolute Gasteiger partial charge is 0.479 e. The Morgan fingerprint density at radius 3 is 1.98 bits per heavy atom. The van der Waals surface area contributed by atoms with Crippen LogP contribution in [0.4, 0.5) is 0 Å². The average molecular weight is 619 g/mol. The second-order valence-electron chi connectivity index (χ2n) is 10.6. The van der Waals surface area contributed by atoms with Crippen molar-refractivity contribution in [2.75, 3.05) is 26.9 Å². The van der Waals surface area contributed by atoms with Crippen LogP contribution < -0.4 is 0 Å². The molecule has 4 fully saturated rings. The number of aliphatic hydroxyl groups excluding tert-OH is 10. The molecule has 19 heteroatoms. The molecule has 19 nitrogen and oxygen atoms in total. The minimum atomic E-state index is -1.93. The van der Waals surface area contributed by atoms with Crippen LogP contribution in [-0.2, 0) is 38.0 Å². The fraction of sp³-hybridized carbons (Fsp3) is 0.957. The zero-order valence-electron chi connectivity index (χ0n) is 22.2. The van der Waals surface area contributed by atoms with Crippen molar-refractivity contribution in [2.45, 2.75) is 104 Å². The summed E-state index contributed by atoms with van der Waals surface area (Å²) in [7, 11) is 1.08. The standard InChI is InChI=1S/C23H38O19/c1-36-17-15(32)18(16(41-19(17)20(33)34)8-6(2-24)39-21(35)12(29)11(8)28)42-23-14(31)10(27)7(4-38-23)40-22-13(30)9(26)5(25)3-37-22/h5-19,21-32,35H,2-4H2,1H3,(H,33,34)/t5-,6?,7-,8?,9+,10+,11?,12?,13-,14-,15+,16-,17+,18-,19+,21?,22+,23+/m1/s1. The van der Waals surface area contributed by atoms with Crippen molar-refractivity contribution >= 4 is 5.97 Å². The summed E-state index contributed by atoms with van der Waals surface area (Å²) < 4.78 is 37.7. The predicted octanol–water partition coefficient (Wildman–Crippen LogP) is -7.45. The molecular formula is C23H38O19. The van der Waals surface area contributed by atoms with Crippen molar-refractivity contribution in [2.24, 2.45) is 5.92 Å². The molecule has 5 unspecified atom stereocenters. The van der Waals surface area contributed by atoms with Crippen LogP contribution in [0.25, 0.3) is 0 Å². The molecule has 244 valence electrons. The molecule has 0 bridgehead atoms. The smallest absolute Gasteiger partial charge is 0.335 e. The summed E-state index contributed by atoms with van der Waals surface area (Å²) in [4.78, 5) is 11.9. The van der Waals surface area contributed by atoms with E-state index in [2.05, 4.69) is 0 Å². The van der Waals surface area contributed by atoms with E-state index in [4.69, 9.17) is 33.2 Å². The van der Waals surface area contributed by atoms with Crippen LogP contribution in [0.15, 0.2) is 0 Å². The Balaban J connectivity index is 1.54. The highest BCUT2D eigenvalue weighted by Crippen LogP contribution is 2.38. The monoisotopic (exact) mass is 618 g/mol. The molecule has 4 saturated heterocycles. The molecule has 18 atom stereocenters. The topological polar surface area (TPSA) is 304 Å². The summed E-state index contributed by atoms with van der Waals surface area (Å²) in [5, 5.41) is 113. The summed E-state index contributed by atoms with van der Waals surface area (Å²) in [5.41, 5.74) is 0. The molecule has 0 amide bonds. The van der Waals surface area contributed by atoms with Crippen LogP contribution in [-0.4, -0.2) is 193 Å². The van der Waals surface area contributed by atoms with Gasteiger partial charge in [0.2, 0.25) is 0 Å². The van der Waals surface area contributed by atoms with Crippen LogP contribution in [0.3, 0.4) is 0 Å². The molecule has 11 N–H and O–H groups in total. The van der Waals surface area contributed by atoms with Crippen LogP contribution in [0.5, 0.6) is 0 Å². The molecule has 0 saturated carbocycles. The van der Waals surface area contributed by atoms with E-state index in [1.807, 2.05) is 0 Å². The Bertz CT molecular complexity index is 894. The summed E-state index contributed by atoms with van der Waals surface area (Å²) >= 11 is 0. The first kappa shape index (κ1) is 33.7. The first-order valence-corrected chi connectivity index (χ1v) is 13.2. The lowest BCUT2D eigenvalue weighted by Crippen LogP contribution is -2.69. The first-order chi connectivity index (χ1) is 19.8. The first-order valence-electron chi connectivity index (χ1n) is 13.2. The number of aliphatic carboxylic acids is 1. The van der Waals surface area contributed by atoms with E-state index in [1.54, 1.807) is 0 Å². The van der Waals surface area contributed by atoms with E-state index < -0.39 is 136 Å². The van der Waals surface area contributed by atoms with Gasteiger partial charge in [0.05, 0.1) is 38.1 Å². The average Bonchev–Trinajstić information content (AvgIpc) is 2.96. The predicted molar refractivity (Wildman–Crippen MR) is 126 cm³/mol. The van der Waals surface area contributed by atoms with E-state index in [-0.39, 0.29) is 0 Å². The lowest BCUT2D eigenvalue weighted by atomic mass is 9.78. The van der Waals surface area contributed by atoms with Crippen molar-refractivity contribution in [3.63, 3.8) is 0 Å². The molecule has 0 aromatic rings. The molecule has 0 aliphatic carbocycles. The summed E-state index contributed by atoms with van der Waals surface area (Å²) in [6.45, 7) is -1.74. The third-order valence-electron chi connectivity index (χ3n) is 7.94. The number of hydrogen-bond acceptors (Lipinski definition) is 18. The van der Waals surface area contributed by atoms with E-state index >= 15 is 0 Å². The van der Waals surface area contributed by atoms with Crippen LogP contribution >= 0.6 is 0 Å². The van der Waals surface area contributed by atoms with Gasteiger partial charge in [-0.3, -0.25) is 0 Å². The Morgan fingerprint density at radius 1 is 0.738 bits per heavy atom. The van der Waals surface area contributed by atoms with Crippen LogP contribution in [0.1, 0.15) is 0 Å². The molecule has 0 aromatic carbocycles. The molecule has 0 radical (unpaired) electrons. The van der Waals surface area contributed by atoms with E-state index in [0.29, 0.717) is 0 Å². The lowest BCUT2D eigenvalue weighted by Gasteiger charge is -2.51. The third-order valence-corrected chi connectivity index (χ3v) is 7.94. The maximum atomic E-state index is 11.9. The Morgan fingerprint density at radius 2 is 1.36 bits per heavy atom. The van der Waals surface area contributed by atoms with E-state index in [1.165, 1.54) is 0 Å². The fourth-order valence-electron chi connectivity index (χ4n) is 5.58. The number of carbonyl (C=O) groups is 1. The number of ether oxygens (including phenoxy) is 7. The fourth-order valence-corrected chi connectivity index (χ4v) is 5.58. The van der Waals surface area contributed by atoms with E-state index in [9.17, 15) is 61.0 Å². The Labute approximate surface area is 237 Å². The number of carboxylic acid groups (broad SMARTS) is 1. The Kier molecular flexibility index (Phi) is 11.1. The molecule has 4 rings (SSSR count). The number of carboxylic acids is 1. The summed E-state index contributed by atoms with van der Waals surface area (Å²) in [6.07, 6.45) is -28.9. The van der Waals surface area contributed by atoms with Crippen LogP contribution in [0, 0.1) is 5.92 Å². The van der Waals surface area contributed by atoms with Gasteiger partial charge in [-0.1, -0.05) is 0 Å². The van der Waals surface area contributed by atoms with Gasteiger partial charge in [-0.15, -0.1) is 0 Å². The molecule has 0 spiro atoms. The third kappa shape index (κ3) is 6.43. The van der Waals surface area contributed by atoms with Crippen LogP contribution in [0.2, 0.25) is 0 Å². The maximum Gasteiger partial charge on any atom is 0.335 e. The van der Waals surface area contributed by atoms with Gasteiger partial charge in [0.15, 0.2) is 25.0 Å². The van der Waals surface area contributed by atoms with Gasteiger partial charge in [-0.05, 0) is 0 Å². The zero-order chi connectivity index (χ0) is 31.0. The van der Waals surface area contributed by atoms with Crippen molar-refractivity contribution in [1.82, 2.24) is 0 Å². The van der Waals surface area contributed by atoms with E-state index in [0.717, 1.165) is 7.11 Å². The summed E-state index contributed by atoms with van der Waals surface area (Å²) in [6, 6.07) is 0. The normalized spacial score (nSPS) is 52.2. The Hall–Kier alpha value is -1.21. The van der Waals surface area contributed by atoms with Gasteiger partial charge in [0.25, 0.3) is 0 Å². The molecule has 4 aliphatic rings. The molecule has 0 aromatic heterocycles. The molecule has 4 heterocycles. The number of rotatable bonds is 8. The number of methoxy groups -OCH3 is 1. The molecule has 42 heavy (non-hydrogen) atoms. The van der Waals surface area contributed by atoms with Crippen molar-refractivity contribution in [3.8, 4) is 0 Å². The molecular weight excluding hydrogens is 580 g/mol. The SMILES string of the molecule is CO[C@H]1[C@H](O)[C@@H](O[C@@H]2OC[C@@H](O[C@@H]3OC[C@@H](O)[C@H](O)[C@H]3O)[C@H](O)[C@H]2O)[C@@H](C2C(CO)OC(O)C(O)C2O)O[C@@H]1C(=O)O. The number of aliphatic hydroxyl groups is 10. The lowest BCUT2D eigenvalue weighted by molar-refractivity contribution is -0.358. The number of hydrogen-bond donors (Lipinski definition) is 11.